The van der Waals surface area contributed by atoms with E-state index in [0.717, 1.165) is 0 Å². The molecule has 2 aromatic rings. The van der Waals surface area contributed by atoms with Gasteiger partial charge in [-0.15, -0.1) is 0 Å². The Morgan fingerprint density at radius 3 is 2.80 bits per heavy atom. The predicted octanol–water partition coefficient (Wildman–Crippen LogP) is 1.09. The molecular weight excluding hydrogens is 278 g/mol. The minimum absolute atomic E-state index is 0.0526. The lowest BCUT2D eigenvalue weighted by Gasteiger charge is -2.06. The maximum Gasteiger partial charge on any atom is 0.309 e. The van der Waals surface area contributed by atoms with Crippen LogP contribution in [0.15, 0.2) is 39.8 Å². The van der Waals surface area contributed by atoms with Gasteiger partial charge in [0.25, 0.3) is 10.0 Å². The molecule has 3 N–H and O–H groups in total. The van der Waals surface area contributed by atoms with Gasteiger partial charge >= 0.3 is 6.01 Å². The largest absolute Gasteiger partial charge is 0.431 e. The zero-order valence-electron chi connectivity index (χ0n) is 10.8. The molecule has 0 aliphatic rings. The molecule has 0 radical (unpaired) electrons. The minimum atomic E-state index is -3.81. The average Bonchev–Trinajstić information content (AvgIpc) is 2.81. The van der Waals surface area contributed by atoms with Gasteiger partial charge in [0, 0.05) is 5.56 Å². The van der Waals surface area contributed by atoms with Crippen LogP contribution in [0.2, 0.25) is 0 Å². The molecule has 0 bridgehead atoms. The van der Waals surface area contributed by atoms with Gasteiger partial charge in [-0.05, 0) is 19.1 Å². The summed E-state index contributed by atoms with van der Waals surface area (Å²) in [5.74, 6) is 5.36. The Labute approximate surface area is 117 Å². The van der Waals surface area contributed by atoms with Crippen molar-refractivity contribution in [3.8, 4) is 11.8 Å². The highest BCUT2D eigenvalue weighted by Crippen LogP contribution is 2.18. The molecule has 0 aliphatic heterocycles. The predicted molar refractivity (Wildman–Crippen MR) is 74.4 cm³/mol. The normalized spacial score (nSPS) is 10.7. The van der Waals surface area contributed by atoms with Crippen LogP contribution in [-0.4, -0.2) is 19.9 Å². The van der Waals surface area contributed by atoms with Gasteiger partial charge in [0.15, 0.2) is 0 Å². The number of rotatable bonds is 3. The van der Waals surface area contributed by atoms with Crippen molar-refractivity contribution in [2.24, 2.45) is 5.73 Å². The zero-order chi connectivity index (χ0) is 14.6. The number of benzene rings is 1. The second-order valence-corrected chi connectivity index (χ2v) is 5.55. The van der Waals surface area contributed by atoms with Crippen molar-refractivity contribution >= 4 is 16.0 Å². The van der Waals surface area contributed by atoms with Crippen molar-refractivity contribution in [2.45, 2.75) is 11.8 Å². The van der Waals surface area contributed by atoms with Crippen LogP contribution in [0, 0.1) is 18.8 Å². The van der Waals surface area contributed by atoms with Gasteiger partial charge in [-0.3, -0.25) is 0 Å². The van der Waals surface area contributed by atoms with Gasteiger partial charge in [-0.1, -0.05) is 24.0 Å². The first-order chi connectivity index (χ1) is 9.53. The van der Waals surface area contributed by atoms with Crippen LogP contribution in [0.1, 0.15) is 11.3 Å². The molecular formula is C13H13N3O3S. The standard InChI is InChI=1S/C13H13N3O3S/c1-10-9-19-13(15-10)16-20(17,18)12-7-3-2-5-11(12)6-4-8-14/h2-3,5,7,9H,8,14H2,1H3,(H,15,16). The molecule has 1 heterocycles. The smallest absolute Gasteiger partial charge is 0.309 e. The SMILES string of the molecule is Cc1coc(NS(=O)(=O)c2ccccc2C#CCN)n1. The fraction of sp³-hybridized carbons (Fsp3) is 0.154. The summed E-state index contributed by atoms with van der Waals surface area (Å²) in [7, 11) is -3.81. The molecule has 1 aromatic heterocycles. The molecule has 0 saturated heterocycles. The number of oxazole rings is 1. The van der Waals surface area contributed by atoms with Crippen molar-refractivity contribution < 1.29 is 12.8 Å². The highest BCUT2D eigenvalue weighted by molar-refractivity contribution is 7.92. The summed E-state index contributed by atoms with van der Waals surface area (Å²) >= 11 is 0. The second kappa shape index (κ2) is 5.77. The van der Waals surface area contributed by atoms with E-state index >= 15 is 0 Å². The molecule has 0 unspecified atom stereocenters. The molecule has 0 amide bonds. The van der Waals surface area contributed by atoms with E-state index in [4.69, 9.17) is 10.2 Å². The van der Waals surface area contributed by atoms with E-state index in [2.05, 4.69) is 21.5 Å². The van der Waals surface area contributed by atoms with Crippen molar-refractivity contribution in [3.63, 3.8) is 0 Å². The number of anilines is 1. The lowest BCUT2D eigenvalue weighted by atomic mass is 10.2. The van der Waals surface area contributed by atoms with Crippen LogP contribution in [0.4, 0.5) is 6.01 Å². The number of nitrogens with one attached hydrogen (secondary N) is 1. The summed E-state index contributed by atoms with van der Waals surface area (Å²) in [6, 6.07) is 6.30. The minimum Gasteiger partial charge on any atom is -0.431 e. The first kappa shape index (κ1) is 14.1. The average molecular weight is 291 g/mol. The molecule has 20 heavy (non-hydrogen) atoms. The number of nitrogens with two attached hydrogens (primary N) is 1. The van der Waals surface area contributed by atoms with E-state index in [-0.39, 0.29) is 17.5 Å². The maximum atomic E-state index is 12.3. The van der Waals surface area contributed by atoms with Crippen molar-refractivity contribution in [3.05, 3.63) is 41.8 Å². The van der Waals surface area contributed by atoms with Crippen LogP contribution in [0.5, 0.6) is 0 Å². The third-order valence-electron chi connectivity index (χ3n) is 2.34. The number of sulfonamides is 1. The molecule has 104 valence electrons. The second-order valence-electron chi connectivity index (χ2n) is 3.90. The summed E-state index contributed by atoms with van der Waals surface area (Å²) in [5.41, 5.74) is 6.25. The molecule has 1 aromatic carbocycles. The van der Waals surface area contributed by atoms with E-state index in [9.17, 15) is 8.42 Å². The Bertz CT molecular complexity index is 769. The highest BCUT2D eigenvalue weighted by Gasteiger charge is 2.19. The fourth-order valence-electron chi connectivity index (χ4n) is 1.52. The summed E-state index contributed by atoms with van der Waals surface area (Å²) in [5, 5.41) is 0. The van der Waals surface area contributed by atoms with E-state index in [0.29, 0.717) is 11.3 Å². The van der Waals surface area contributed by atoms with Gasteiger partial charge in [-0.25, -0.2) is 13.1 Å². The molecule has 0 fully saturated rings. The Kier molecular flexibility index (Phi) is 4.08. The molecule has 2 rings (SSSR count). The fourth-order valence-corrected chi connectivity index (χ4v) is 2.62. The van der Waals surface area contributed by atoms with Crippen molar-refractivity contribution in [2.75, 3.05) is 11.3 Å². The lowest BCUT2D eigenvalue weighted by molar-refractivity contribution is 0.569. The van der Waals surface area contributed by atoms with E-state index in [1.165, 1.54) is 12.3 Å². The van der Waals surface area contributed by atoms with Crippen molar-refractivity contribution in [1.29, 1.82) is 0 Å². The van der Waals surface area contributed by atoms with E-state index in [1.54, 1.807) is 25.1 Å². The lowest BCUT2D eigenvalue weighted by Crippen LogP contribution is -2.14. The Morgan fingerprint density at radius 1 is 1.40 bits per heavy atom. The van der Waals surface area contributed by atoms with E-state index in [1.807, 2.05) is 0 Å². The molecule has 0 saturated carbocycles. The topological polar surface area (TPSA) is 98.2 Å². The third kappa shape index (κ3) is 3.17. The monoisotopic (exact) mass is 291 g/mol. The maximum absolute atomic E-state index is 12.3. The summed E-state index contributed by atoms with van der Waals surface area (Å²) in [6.45, 7) is 1.85. The van der Waals surface area contributed by atoms with Gasteiger partial charge in [0.1, 0.15) is 11.2 Å². The van der Waals surface area contributed by atoms with Gasteiger partial charge in [-0.2, -0.15) is 4.98 Å². The van der Waals surface area contributed by atoms with Crippen LogP contribution in [0.3, 0.4) is 0 Å². The number of hydrogen-bond acceptors (Lipinski definition) is 5. The number of aromatic nitrogens is 1. The molecule has 6 nitrogen and oxygen atoms in total. The zero-order valence-corrected chi connectivity index (χ0v) is 11.6. The van der Waals surface area contributed by atoms with Gasteiger partial charge in [0.05, 0.1) is 12.2 Å². The van der Waals surface area contributed by atoms with Crippen LogP contribution in [0.25, 0.3) is 0 Å². The van der Waals surface area contributed by atoms with Gasteiger partial charge in [0.2, 0.25) is 0 Å². The molecule has 7 heteroatoms. The molecule has 0 atom stereocenters. The molecule has 0 spiro atoms. The van der Waals surface area contributed by atoms with E-state index < -0.39 is 10.0 Å². The Hall–Kier alpha value is -2.30. The van der Waals surface area contributed by atoms with Crippen LogP contribution in [-0.2, 0) is 10.0 Å². The quantitative estimate of drug-likeness (QED) is 0.825. The number of hydrogen-bond donors (Lipinski definition) is 2. The van der Waals surface area contributed by atoms with Crippen LogP contribution >= 0.6 is 0 Å². The number of aryl methyl sites for hydroxylation is 1. The first-order valence-electron chi connectivity index (χ1n) is 5.76. The summed E-state index contributed by atoms with van der Waals surface area (Å²) in [4.78, 5) is 3.95. The van der Waals surface area contributed by atoms with Crippen LogP contribution < -0.4 is 10.5 Å². The summed E-state index contributed by atoms with van der Waals surface area (Å²) in [6.07, 6.45) is 1.36. The third-order valence-corrected chi connectivity index (χ3v) is 3.72. The van der Waals surface area contributed by atoms with Crippen molar-refractivity contribution in [1.82, 2.24) is 4.98 Å². The summed E-state index contributed by atoms with van der Waals surface area (Å²) < 4.78 is 31.8. The first-order valence-corrected chi connectivity index (χ1v) is 7.24. The Morgan fingerprint density at radius 2 is 2.15 bits per heavy atom. The molecule has 0 aliphatic carbocycles. The van der Waals surface area contributed by atoms with Gasteiger partial charge < -0.3 is 10.2 Å². The number of nitrogens with zero attached hydrogens (tertiary/aromatic N) is 1. The highest BCUT2D eigenvalue weighted by atomic mass is 32.2. The Balaban J connectivity index is 2.39.